The van der Waals surface area contributed by atoms with Gasteiger partial charge in [0.1, 0.15) is 28.7 Å². The van der Waals surface area contributed by atoms with Crippen LogP contribution in [-0.4, -0.2) is 52.7 Å². The first-order valence-corrected chi connectivity index (χ1v) is 14.0. The number of nitrogens with one attached hydrogen (secondary N) is 1. The Hall–Kier alpha value is -3.89. The number of likely N-dealkylation sites (N-methyl/N-ethyl adjacent to an activating group) is 1. The first kappa shape index (κ1) is 25.7. The van der Waals surface area contributed by atoms with Crippen LogP contribution in [0, 0.1) is 5.82 Å². The summed E-state index contributed by atoms with van der Waals surface area (Å²) in [5.74, 6) is 0.715. The molecule has 0 radical (unpaired) electrons. The van der Waals surface area contributed by atoms with Gasteiger partial charge in [0, 0.05) is 43.2 Å². The Morgan fingerprint density at radius 1 is 1.05 bits per heavy atom. The molecule has 0 saturated heterocycles. The minimum atomic E-state index is -3.54. The largest absolute Gasteiger partial charge is 0.457 e. The van der Waals surface area contributed by atoms with Crippen molar-refractivity contribution in [1.29, 1.82) is 0 Å². The van der Waals surface area contributed by atoms with E-state index in [2.05, 4.69) is 10.2 Å². The van der Waals surface area contributed by atoms with Gasteiger partial charge < -0.3 is 14.5 Å². The van der Waals surface area contributed by atoms with Gasteiger partial charge in [-0.25, -0.2) is 12.8 Å². The van der Waals surface area contributed by atoms with Crippen LogP contribution in [0.25, 0.3) is 22.3 Å². The van der Waals surface area contributed by atoms with Gasteiger partial charge in [0.2, 0.25) is 10.0 Å². The summed E-state index contributed by atoms with van der Waals surface area (Å²) in [4.78, 5) is 15.2. The SMILES string of the molecule is CNC(=O)c1c(-c2ccc(Oc3ccc(F)cc3)cc2)oc2cc3c(cc12)C(C)N(C)CCN3S(C)(=O)=O. The normalized spacial score (nSPS) is 16.2. The fourth-order valence-electron chi connectivity index (χ4n) is 4.71. The summed E-state index contributed by atoms with van der Waals surface area (Å²) in [6.45, 7) is 2.88. The van der Waals surface area contributed by atoms with Gasteiger partial charge in [-0.1, -0.05) is 0 Å². The van der Waals surface area contributed by atoms with E-state index in [1.54, 1.807) is 37.4 Å². The number of amides is 1. The first-order chi connectivity index (χ1) is 18.1. The van der Waals surface area contributed by atoms with Gasteiger partial charge in [0.15, 0.2) is 0 Å². The Morgan fingerprint density at radius 3 is 2.29 bits per heavy atom. The van der Waals surface area contributed by atoms with Crippen LogP contribution in [0.15, 0.2) is 65.1 Å². The molecule has 1 unspecified atom stereocenters. The van der Waals surface area contributed by atoms with E-state index < -0.39 is 10.0 Å². The number of carbonyl (C=O) groups is 1. The Kier molecular flexibility index (Phi) is 6.62. The first-order valence-electron chi connectivity index (χ1n) is 12.1. The zero-order valence-electron chi connectivity index (χ0n) is 21.5. The summed E-state index contributed by atoms with van der Waals surface area (Å²) in [6, 6.07) is 16.2. The van der Waals surface area contributed by atoms with Crippen LogP contribution < -0.4 is 14.4 Å². The minimum absolute atomic E-state index is 0.0834. The van der Waals surface area contributed by atoms with Crippen molar-refractivity contribution in [2.24, 2.45) is 0 Å². The number of ether oxygens (including phenoxy) is 1. The predicted octanol–water partition coefficient (Wildman–Crippen LogP) is 5.16. The number of sulfonamides is 1. The maximum absolute atomic E-state index is 13.2. The molecule has 4 aromatic rings. The number of anilines is 1. The molecule has 3 aromatic carbocycles. The average molecular weight is 538 g/mol. The molecule has 8 nitrogen and oxygen atoms in total. The number of benzene rings is 3. The number of nitrogens with zero attached hydrogens (tertiary/aromatic N) is 2. The van der Waals surface area contributed by atoms with Gasteiger partial charge in [0.25, 0.3) is 5.91 Å². The summed E-state index contributed by atoms with van der Waals surface area (Å²) in [6.07, 6.45) is 1.19. The van der Waals surface area contributed by atoms with E-state index in [1.807, 2.05) is 20.0 Å². The highest BCUT2D eigenvalue weighted by Gasteiger charge is 2.31. The van der Waals surface area contributed by atoms with Gasteiger partial charge in [-0.15, -0.1) is 0 Å². The molecular formula is C28H28FN3O5S. The molecule has 1 aliphatic rings. The van der Waals surface area contributed by atoms with E-state index in [-0.39, 0.29) is 17.8 Å². The Morgan fingerprint density at radius 2 is 1.68 bits per heavy atom. The number of rotatable bonds is 5. The number of halogens is 1. The third-order valence-electron chi connectivity index (χ3n) is 6.89. The molecule has 0 bridgehead atoms. The maximum Gasteiger partial charge on any atom is 0.255 e. The summed E-state index contributed by atoms with van der Waals surface area (Å²) in [5, 5.41) is 3.29. The van der Waals surface area contributed by atoms with E-state index in [0.29, 0.717) is 58.1 Å². The molecule has 2 heterocycles. The van der Waals surface area contributed by atoms with Crippen LogP contribution in [0.4, 0.5) is 10.1 Å². The van der Waals surface area contributed by atoms with Crippen molar-refractivity contribution in [3.05, 3.63) is 77.6 Å². The van der Waals surface area contributed by atoms with Crippen molar-refractivity contribution in [2.75, 3.05) is 37.7 Å². The zero-order valence-corrected chi connectivity index (χ0v) is 22.3. The fourth-order valence-corrected chi connectivity index (χ4v) is 5.64. The Labute approximate surface area is 220 Å². The van der Waals surface area contributed by atoms with E-state index >= 15 is 0 Å². The number of carbonyl (C=O) groups excluding carboxylic acids is 1. The molecule has 1 aromatic heterocycles. The highest BCUT2D eigenvalue weighted by molar-refractivity contribution is 7.92. The lowest BCUT2D eigenvalue weighted by atomic mass is 9.99. The second-order valence-corrected chi connectivity index (χ2v) is 11.3. The Bertz CT molecular complexity index is 1620. The molecule has 10 heteroatoms. The number of fused-ring (bicyclic) bond motifs is 2. The molecule has 0 spiro atoms. The summed E-state index contributed by atoms with van der Waals surface area (Å²) in [5.41, 5.74) is 2.76. The van der Waals surface area contributed by atoms with E-state index in [9.17, 15) is 17.6 Å². The van der Waals surface area contributed by atoms with Gasteiger partial charge >= 0.3 is 0 Å². The average Bonchev–Trinajstić information content (AvgIpc) is 3.20. The summed E-state index contributed by atoms with van der Waals surface area (Å²) < 4.78 is 51.9. The van der Waals surface area contributed by atoms with Crippen molar-refractivity contribution in [3.63, 3.8) is 0 Å². The van der Waals surface area contributed by atoms with Crippen LogP contribution in [0.2, 0.25) is 0 Å². The third-order valence-corrected chi connectivity index (χ3v) is 8.07. The van der Waals surface area contributed by atoms with Crippen molar-refractivity contribution in [3.8, 4) is 22.8 Å². The molecular weight excluding hydrogens is 509 g/mol. The van der Waals surface area contributed by atoms with Gasteiger partial charge in [-0.05, 0) is 74.1 Å². The van der Waals surface area contributed by atoms with Crippen molar-refractivity contribution < 1.29 is 26.8 Å². The molecule has 38 heavy (non-hydrogen) atoms. The second kappa shape index (κ2) is 9.77. The monoisotopic (exact) mass is 537 g/mol. The molecule has 5 rings (SSSR count). The zero-order chi connectivity index (χ0) is 27.2. The second-order valence-electron chi connectivity index (χ2n) is 9.36. The quantitative estimate of drug-likeness (QED) is 0.378. The lowest BCUT2D eigenvalue weighted by molar-refractivity contribution is 0.0964. The highest BCUT2D eigenvalue weighted by Crippen LogP contribution is 2.42. The van der Waals surface area contributed by atoms with Crippen LogP contribution in [0.1, 0.15) is 28.9 Å². The van der Waals surface area contributed by atoms with Gasteiger partial charge in [-0.3, -0.25) is 14.0 Å². The highest BCUT2D eigenvalue weighted by atomic mass is 32.2. The topological polar surface area (TPSA) is 92.1 Å². The van der Waals surface area contributed by atoms with Crippen LogP contribution in [0.5, 0.6) is 11.5 Å². The lowest BCUT2D eigenvalue weighted by Gasteiger charge is -2.23. The molecule has 1 aliphatic heterocycles. The van der Waals surface area contributed by atoms with E-state index in [0.717, 1.165) is 5.56 Å². The molecule has 0 aliphatic carbocycles. The molecule has 1 atom stereocenters. The number of hydrogen-bond acceptors (Lipinski definition) is 6. The predicted molar refractivity (Wildman–Crippen MR) is 145 cm³/mol. The van der Waals surface area contributed by atoms with Crippen LogP contribution in [0.3, 0.4) is 0 Å². The number of hydrogen-bond donors (Lipinski definition) is 1. The molecule has 0 fully saturated rings. The van der Waals surface area contributed by atoms with Crippen LogP contribution in [-0.2, 0) is 10.0 Å². The van der Waals surface area contributed by atoms with Crippen molar-refractivity contribution >= 4 is 32.6 Å². The minimum Gasteiger partial charge on any atom is -0.457 e. The third kappa shape index (κ3) is 4.72. The Balaban J connectivity index is 1.62. The molecule has 0 saturated carbocycles. The number of furan rings is 1. The maximum atomic E-state index is 13.2. The standard InChI is InChI=1S/C28H28FN3O5S/c1-17-22-15-23-25(16-24(22)32(38(4,34)35)14-13-31(17)3)37-27(26(23)28(33)30-2)18-5-9-20(10-6-18)36-21-11-7-19(29)8-12-21/h5-12,15-17H,13-14H2,1-4H3,(H,30,33). The van der Waals surface area contributed by atoms with Gasteiger partial charge in [0.05, 0.1) is 17.5 Å². The fraction of sp³-hybridized carbons (Fsp3) is 0.250. The van der Waals surface area contributed by atoms with Crippen molar-refractivity contribution in [2.45, 2.75) is 13.0 Å². The van der Waals surface area contributed by atoms with Gasteiger partial charge in [-0.2, -0.15) is 0 Å². The van der Waals surface area contributed by atoms with Crippen molar-refractivity contribution in [1.82, 2.24) is 10.2 Å². The molecule has 198 valence electrons. The van der Waals surface area contributed by atoms with Crippen LogP contribution >= 0.6 is 0 Å². The molecule has 1 N–H and O–H groups in total. The van der Waals surface area contributed by atoms with E-state index in [4.69, 9.17) is 9.15 Å². The summed E-state index contributed by atoms with van der Waals surface area (Å²) >= 11 is 0. The molecule has 1 amide bonds. The lowest BCUT2D eigenvalue weighted by Crippen LogP contribution is -2.34. The summed E-state index contributed by atoms with van der Waals surface area (Å²) in [7, 11) is -0.0403. The van der Waals surface area contributed by atoms with E-state index in [1.165, 1.54) is 34.8 Å². The smallest absolute Gasteiger partial charge is 0.255 e.